The van der Waals surface area contributed by atoms with E-state index in [9.17, 15) is 4.53 Å². The van der Waals surface area contributed by atoms with E-state index >= 15 is 0 Å². The fraction of sp³-hybridized carbons (Fsp3) is 0.182. The molecule has 3 aromatic rings. The highest BCUT2D eigenvalue weighted by Crippen LogP contribution is 2.42. The van der Waals surface area contributed by atoms with E-state index in [0.717, 1.165) is 0 Å². The molecule has 0 fully saturated rings. The summed E-state index contributed by atoms with van der Waals surface area (Å²) in [6.45, 7) is 0. The van der Waals surface area contributed by atoms with Crippen molar-refractivity contribution in [2.75, 3.05) is 21.3 Å². The number of hydrogen-bond donors (Lipinski definition) is 0. The van der Waals surface area contributed by atoms with Crippen LogP contribution in [0.3, 0.4) is 0 Å². The Labute approximate surface area is 158 Å². The summed E-state index contributed by atoms with van der Waals surface area (Å²) < 4.78 is 30.0. The average Bonchev–Trinajstić information content (AvgIpc) is 2.76. The Hall–Kier alpha value is -3.05. The summed E-state index contributed by atoms with van der Waals surface area (Å²) in [6.07, 6.45) is 0. The van der Waals surface area contributed by atoms with Gasteiger partial charge in [-0.05, 0) is 57.6 Å². The number of ether oxygens (including phenoxy) is 3. The molecule has 0 aromatic heterocycles. The second-order valence-corrected chi connectivity index (χ2v) is 5.94. The Morgan fingerprint density at radius 1 is 0.519 bits per heavy atom. The van der Waals surface area contributed by atoms with Crippen molar-refractivity contribution >= 4 is 0 Å². The number of halogens is 1. The third kappa shape index (κ3) is 3.46. The van der Waals surface area contributed by atoms with Crippen LogP contribution in [0.4, 0.5) is 4.53 Å². The number of benzene rings is 3. The molecule has 3 rings (SSSR count). The highest BCUT2D eigenvalue weighted by molar-refractivity contribution is 5.50. The van der Waals surface area contributed by atoms with Gasteiger partial charge < -0.3 is 14.2 Å². The summed E-state index contributed by atoms with van der Waals surface area (Å²) in [5.74, 6) is 2.03. The molecule has 0 bridgehead atoms. The van der Waals surface area contributed by atoms with Crippen LogP contribution in [0.15, 0.2) is 72.8 Å². The van der Waals surface area contributed by atoms with Crippen LogP contribution in [0.2, 0.25) is 0 Å². The molecular weight excluding hydrogens is 347 g/mol. The SMILES string of the molecule is COc1ccc(C(OF)(c2ccc(OC)cc2)c2ccc(OC)cc2)cc1. The van der Waals surface area contributed by atoms with Crippen LogP contribution in [-0.2, 0) is 10.5 Å². The van der Waals surface area contributed by atoms with Gasteiger partial charge in [-0.25, -0.2) is 0 Å². The normalized spacial score (nSPS) is 11.1. The molecule has 0 radical (unpaired) electrons. The van der Waals surface area contributed by atoms with E-state index in [1.807, 2.05) is 0 Å². The summed E-state index contributed by atoms with van der Waals surface area (Å²) >= 11 is 0. The van der Waals surface area contributed by atoms with Crippen molar-refractivity contribution in [3.8, 4) is 17.2 Å². The minimum absolute atomic E-state index is 0.626. The van der Waals surface area contributed by atoms with Gasteiger partial charge in [0, 0.05) is 0 Å². The maximum atomic E-state index is 14.3. The zero-order valence-electron chi connectivity index (χ0n) is 15.4. The van der Waals surface area contributed by atoms with Crippen molar-refractivity contribution in [3.05, 3.63) is 89.5 Å². The summed E-state index contributed by atoms with van der Waals surface area (Å²) in [6, 6.07) is 21.4. The molecule has 3 aromatic carbocycles. The van der Waals surface area contributed by atoms with Crippen LogP contribution < -0.4 is 14.2 Å². The van der Waals surface area contributed by atoms with Gasteiger partial charge in [0.1, 0.15) is 17.2 Å². The lowest BCUT2D eigenvalue weighted by molar-refractivity contribution is -0.207. The molecule has 0 N–H and O–H groups in total. The zero-order chi connectivity index (χ0) is 19.3. The standard InChI is InChI=1S/C22H21FO4/c1-24-19-10-4-16(5-11-19)22(27-23,17-6-12-20(25-2)13-7-17)18-8-14-21(26-3)15-9-18/h4-15H,1-3H3. The first-order chi connectivity index (χ1) is 13.2. The number of methoxy groups -OCH3 is 3. The Morgan fingerprint density at radius 2 is 0.778 bits per heavy atom. The smallest absolute Gasteiger partial charge is 0.184 e. The number of rotatable bonds is 7. The molecule has 0 aliphatic rings. The average molecular weight is 368 g/mol. The molecule has 0 amide bonds. The molecule has 5 heteroatoms. The second kappa shape index (κ2) is 8.10. The van der Waals surface area contributed by atoms with Gasteiger partial charge in [0.05, 0.1) is 21.3 Å². The van der Waals surface area contributed by atoms with Crippen molar-refractivity contribution in [3.63, 3.8) is 0 Å². The molecule has 0 saturated carbocycles. The molecule has 4 nitrogen and oxygen atoms in total. The second-order valence-electron chi connectivity index (χ2n) is 5.94. The van der Waals surface area contributed by atoms with Crippen molar-refractivity contribution in [1.82, 2.24) is 0 Å². The van der Waals surface area contributed by atoms with Crippen LogP contribution in [0, 0.1) is 0 Å². The fourth-order valence-electron chi connectivity index (χ4n) is 3.11. The predicted molar refractivity (Wildman–Crippen MR) is 101 cm³/mol. The third-order valence-corrected chi connectivity index (χ3v) is 4.61. The molecule has 0 atom stereocenters. The lowest BCUT2D eigenvalue weighted by Gasteiger charge is -2.31. The molecule has 0 saturated heterocycles. The lowest BCUT2D eigenvalue weighted by Crippen LogP contribution is -2.30. The highest BCUT2D eigenvalue weighted by Gasteiger charge is 2.39. The van der Waals surface area contributed by atoms with E-state index in [1.54, 1.807) is 94.1 Å². The molecule has 0 aliphatic carbocycles. The highest BCUT2D eigenvalue weighted by atomic mass is 19.3. The van der Waals surface area contributed by atoms with Gasteiger partial charge in [-0.3, -0.25) is 0 Å². The summed E-state index contributed by atoms with van der Waals surface area (Å²) in [5, 5.41) is 0. The van der Waals surface area contributed by atoms with Crippen LogP contribution in [-0.4, -0.2) is 21.3 Å². The van der Waals surface area contributed by atoms with Gasteiger partial charge in [-0.1, -0.05) is 36.4 Å². The van der Waals surface area contributed by atoms with E-state index in [4.69, 9.17) is 19.2 Å². The van der Waals surface area contributed by atoms with Gasteiger partial charge in [0.2, 0.25) is 0 Å². The molecule has 0 unspecified atom stereocenters. The van der Waals surface area contributed by atoms with E-state index in [0.29, 0.717) is 33.9 Å². The molecular formula is C22H21FO4. The minimum Gasteiger partial charge on any atom is -0.497 e. The lowest BCUT2D eigenvalue weighted by atomic mass is 9.80. The topological polar surface area (TPSA) is 36.9 Å². The summed E-state index contributed by atoms with van der Waals surface area (Å²) in [5.41, 5.74) is 0.438. The monoisotopic (exact) mass is 368 g/mol. The Bertz CT molecular complexity index is 743. The Morgan fingerprint density at radius 3 is 0.963 bits per heavy atom. The van der Waals surface area contributed by atoms with Gasteiger partial charge >= 0.3 is 0 Å². The molecule has 27 heavy (non-hydrogen) atoms. The molecule has 0 heterocycles. The van der Waals surface area contributed by atoms with Crippen LogP contribution in [0.5, 0.6) is 17.2 Å². The largest absolute Gasteiger partial charge is 0.497 e. The van der Waals surface area contributed by atoms with Crippen LogP contribution >= 0.6 is 0 Å². The first-order valence-corrected chi connectivity index (χ1v) is 8.41. The Kier molecular flexibility index (Phi) is 5.62. The first-order valence-electron chi connectivity index (χ1n) is 8.41. The fourth-order valence-corrected chi connectivity index (χ4v) is 3.11. The van der Waals surface area contributed by atoms with E-state index in [2.05, 4.69) is 0 Å². The van der Waals surface area contributed by atoms with Gasteiger partial charge in [0.25, 0.3) is 0 Å². The van der Waals surface area contributed by atoms with Gasteiger partial charge in [0.15, 0.2) is 5.60 Å². The molecule has 140 valence electrons. The Balaban J connectivity index is 2.20. The minimum atomic E-state index is -1.44. The van der Waals surface area contributed by atoms with Gasteiger partial charge in [-0.2, -0.15) is 4.94 Å². The molecule has 0 spiro atoms. The first kappa shape index (κ1) is 18.7. The molecule has 0 aliphatic heterocycles. The predicted octanol–water partition coefficient (Wildman–Crippen LogP) is 4.91. The third-order valence-electron chi connectivity index (χ3n) is 4.61. The maximum absolute atomic E-state index is 14.3. The van der Waals surface area contributed by atoms with Crippen molar-refractivity contribution in [2.24, 2.45) is 0 Å². The van der Waals surface area contributed by atoms with Crippen molar-refractivity contribution < 1.29 is 23.7 Å². The maximum Gasteiger partial charge on any atom is 0.184 e. The summed E-state index contributed by atoms with van der Waals surface area (Å²) in [4.78, 5) is 4.69. The number of hydrogen-bond acceptors (Lipinski definition) is 4. The van der Waals surface area contributed by atoms with Crippen LogP contribution in [0.25, 0.3) is 0 Å². The van der Waals surface area contributed by atoms with Crippen molar-refractivity contribution in [2.45, 2.75) is 5.60 Å². The van der Waals surface area contributed by atoms with E-state index < -0.39 is 5.60 Å². The van der Waals surface area contributed by atoms with E-state index in [-0.39, 0.29) is 0 Å². The van der Waals surface area contributed by atoms with Crippen molar-refractivity contribution in [1.29, 1.82) is 0 Å². The van der Waals surface area contributed by atoms with E-state index in [1.165, 1.54) is 0 Å². The van der Waals surface area contributed by atoms with Gasteiger partial charge in [-0.15, -0.1) is 0 Å². The zero-order valence-corrected chi connectivity index (χ0v) is 15.4. The van der Waals surface area contributed by atoms with Crippen LogP contribution in [0.1, 0.15) is 16.7 Å². The quantitative estimate of drug-likeness (QED) is 0.556. The summed E-state index contributed by atoms with van der Waals surface area (Å²) in [7, 11) is 4.75.